The van der Waals surface area contributed by atoms with Crippen molar-refractivity contribution in [1.82, 2.24) is 14.7 Å². The third-order valence-corrected chi connectivity index (χ3v) is 4.83. The lowest BCUT2D eigenvalue weighted by molar-refractivity contribution is 0.0753. The zero-order valence-corrected chi connectivity index (χ0v) is 16.9. The molecule has 2 aromatic carbocycles. The summed E-state index contributed by atoms with van der Waals surface area (Å²) in [5.41, 5.74) is 0.963. The Kier molecular flexibility index (Phi) is 6.17. The molecule has 0 atom stereocenters. The van der Waals surface area contributed by atoms with Crippen LogP contribution in [0.15, 0.2) is 59.9 Å². The number of hydrogen-bond acceptors (Lipinski definition) is 3. The first kappa shape index (κ1) is 20.1. The van der Waals surface area contributed by atoms with Gasteiger partial charge in [-0.15, -0.1) is 6.58 Å². The van der Waals surface area contributed by atoms with Gasteiger partial charge in [0.15, 0.2) is 5.69 Å². The molecule has 1 aromatic heterocycles. The number of fused-ring (bicyclic) bond motifs is 1. The lowest BCUT2D eigenvalue weighted by Crippen LogP contribution is -2.36. The van der Waals surface area contributed by atoms with Crippen molar-refractivity contribution >= 4 is 40.0 Å². The molecule has 0 bridgehead atoms. The van der Waals surface area contributed by atoms with Crippen LogP contribution in [0.5, 0.6) is 0 Å². The molecule has 0 saturated carbocycles. The maximum atomic E-state index is 13.2. The third-order valence-electron chi connectivity index (χ3n) is 4.34. The monoisotopic (exact) mass is 415 g/mol. The molecule has 3 rings (SSSR count). The second-order valence-electron chi connectivity index (χ2n) is 6.26. The standard InChI is InChI=1S/C21H19Cl2N3O2/c1-3-11-25(13-14-5-7-15(22)8-6-14)21(28)19-20(27)17-12-16(23)9-10-18(17)26(4-2)24-19/h3,5-10,12H,1,4,11,13H2,2H3. The Labute approximate surface area is 172 Å². The minimum absolute atomic E-state index is 0.132. The highest BCUT2D eigenvalue weighted by atomic mass is 35.5. The average Bonchev–Trinajstić information content (AvgIpc) is 2.69. The number of amides is 1. The average molecular weight is 416 g/mol. The highest BCUT2D eigenvalue weighted by Gasteiger charge is 2.22. The van der Waals surface area contributed by atoms with Gasteiger partial charge in [-0.3, -0.25) is 14.3 Å². The molecule has 1 amide bonds. The first-order valence-corrected chi connectivity index (χ1v) is 9.55. The number of hydrogen-bond donors (Lipinski definition) is 0. The van der Waals surface area contributed by atoms with Gasteiger partial charge in [-0.05, 0) is 42.8 Å². The fourth-order valence-electron chi connectivity index (χ4n) is 2.98. The van der Waals surface area contributed by atoms with Crippen LogP contribution in [-0.2, 0) is 13.1 Å². The van der Waals surface area contributed by atoms with Crippen molar-refractivity contribution < 1.29 is 4.79 Å². The van der Waals surface area contributed by atoms with Crippen LogP contribution < -0.4 is 5.43 Å². The lowest BCUT2D eigenvalue weighted by Gasteiger charge is -2.21. The van der Waals surface area contributed by atoms with Crippen LogP contribution in [0.4, 0.5) is 0 Å². The van der Waals surface area contributed by atoms with Crippen LogP contribution in [0.2, 0.25) is 10.0 Å². The molecule has 0 fully saturated rings. The number of carbonyl (C=O) groups excluding carboxylic acids is 1. The summed E-state index contributed by atoms with van der Waals surface area (Å²) < 4.78 is 1.63. The summed E-state index contributed by atoms with van der Waals surface area (Å²) in [5, 5.41) is 5.74. The number of aryl methyl sites for hydroxylation is 1. The first-order valence-electron chi connectivity index (χ1n) is 8.79. The maximum absolute atomic E-state index is 13.2. The van der Waals surface area contributed by atoms with Gasteiger partial charge in [0.1, 0.15) is 0 Å². The van der Waals surface area contributed by atoms with Crippen LogP contribution in [0.25, 0.3) is 10.9 Å². The number of benzene rings is 2. The third kappa shape index (κ3) is 4.11. The smallest absolute Gasteiger partial charge is 0.278 e. The molecule has 0 radical (unpaired) electrons. The van der Waals surface area contributed by atoms with E-state index in [-0.39, 0.29) is 12.2 Å². The Morgan fingerprint density at radius 3 is 2.50 bits per heavy atom. The van der Waals surface area contributed by atoms with Gasteiger partial charge in [-0.25, -0.2) is 0 Å². The van der Waals surface area contributed by atoms with E-state index < -0.39 is 11.3 Å². The molecule has 0 spiro atoms. The van der Waals surface area contributed by atoms with Gasteiger partial charge in [-0.1, -0.05) is 41.4 Å². The highest BCUT2D eigenvalue weighted by Crippen LogP contribution is 2.18. The summed E-state index contributed by atoms with van der Waals surface area (Å²) in [7, 11) is 0. The molecule has 5 nitrogen and oxygen atoms in total. The van der Waals surface area contributed by atoms with Crippen molar-refractivity contribution in [3.05, 3.63) is 86.6 Å². The van der Waals surface area contributed by atoms with Gasteiger partial charge < -0.3 is 4.90 Å². The van der Waals surface area contributed by atoms with Crippen molar-refractivity contribution in [3.63, 3.8) is 0 Å². The summed E-state index contributed by atoms with van der Waals surface area (Å²) in [6.07, 6.45) is 1.62. The van der Waals surface area contributed by atoms with Crippen LogP contribution in [0.3, 0.4) is 0 Å². The van der Waals surface area contributed by atoms with Crippen molar-refractivity contribution in [3.8, 4) is 0 Å². The van der Waals surface area contributed by atoms with Crippen molar-refractivity contribution in [2.75, 3.05) is 6.54 Å². The van der Waals surface area contributed by atoms with E-state index in [0.29, 0.717) is 34.0 Å². The second-order valence-corrected chi connectivity index (χ2v) is 7.13. The Balaban J connectivity index is 2.06. The molecule has 0 aliphatic rings. The fourth-order valence-corrected chi connectivity index (χ4v) is 3.28. The summed E-state index contributed by atoms with van der Waals surface area (Å²) >= 11 is 12.0. The van der Waals surface area contributed by atoms with E-state index >= 15 is 0 Å². The maximum Gasteiger partial charge on any atom is 0.278 e. The normalized spacial score (nSPS) is 10.8. The molecular weight excluding hydrogens is 397 g/mol. The van der Waals surface area contributed by atoms with E-state index in [1.807, 2.05) is 19.1 Å². The zero-order chi connectivity index (χ0) is 20.3. The Morgan fingerprint density at radius 2 is 1.86 bits per heavy atom. The summed E-state index contributed by atoms with van der Waals surface area (Å²) in [4.78, 5) is 27.7. The summed E-state index contributed by atoms with van der Waals surface area (Å²) in [5.74, 6) is -0.455. The van der Waals surface area contributed by atoms with Crippen LogP contribution in [0, 0.1) is 0 Å². The van der Waals surface area contributed by atoms with E-state index in [9.17, 15) is 9.59 Å². The topological polar surface area (TPSA) is 55.2 Å². The van der Waals surface area contributed by atoms with Gasteiger partial charge in [0.05, 0.1) is 10.9 Å². The molecule has 1 heterocycles. The minimum atomic E-state index is -0.455. The first-order chi connectivity index (χ1) is 13.4. The molecule has 0 aliphatic carbocycles. The molecule has 28 heavy (non-hydrogen) atoms. The van der Waals surface area contributed by atoms with Gasteiger partial charge in [0, 0.05) is 29.7 Å². The number of rotatable bonds is 6. The second kappa shape index (κ2) is 8.59. The van der Waals surface area contributed by atoms with Gasteiger partial charge >= 0.3 is 0 Å². The number of halogens is 2. The molecule has 0 aliphatic heterocycles. The van der Waals surface area contributed by atoms with Gasteiger partial charge in [-0.2, -0.15) is 5.10 Å². The van der Waals surface area contributed by atoms with E-state index in [4.69, 9.17) is 23.2 Å². The Morgan fingerprint density at radius 1 is 1.18 bits per heavy atom. The van der Waals surface area contributed by atoms with E-state index in [1.54, 1.807) is 41.1 Å². The quantitative estimate of drug-likeness (QED) is 0.554. The van der Waals surface area contributed by atoms with Crippen LogP contribution in [0.1, 0.15) is 23.0 Å². The molecular formula is C21H19Cl2N3O2. The number of nitrogens with zero attached hydrogens (tertiary/aromatic N) is 3. The van der Waals surface area contributed by atoms with E-state index in [2.05, 4.69) is 11.7 Å². The summed E-state index contributed by atoms with van der Waals surface area (Å²) in [6.45, 7) is 6.71. The predicted octanol–water partition coefficient (Wildman–Crippen LogP) is 4.55. The minimum Gasteiger partial charge on any atom is -0.329 e. The van der Waals surface area contributed by atoms with Gasteiger partial charge in [0.2, 0.25) is 5.43 Å². The lowest BCUT2D eigenvalue weighted by atomic mass is 10.1. The zero-order valence-electron chi connectivity index (χ0n) is 15.4. The molecule has 144 valence electrons. The molecule has 3 aromatic rings. The molecule has 0 saturated heterocycles. The van der Waals surface area contributed by atoms with Crippen LogP contribution in [-0.4, -0.2) is 27.1 Å². The van der Waals surface area contributed by atoms with E-state index in [0.717, 1.165) is 5.56 Å². The molecule has 0 unspecified atom stereocenters. The predicted molar refractivity (Wildman–Crippen MR) is 113 cm³/mol. The van der Waals surface area contributed by atoms with Crippen LogP contribution >= 0.6 is 23.2 Å². The number of aromatic nitrogens is 2. The van der Waals surface area contributed by atoms with Crippen molar-refractivity contribution in [2.24, 2.45) is 0 Å². The van der Waals surface area contributed by atoms with E-state index in [1.165, 1.54) is 4.90 Å². The Bertz CT molecular complexity index is 1090. The van der Waals surface area contributed by atoms with Crippen molar-refractivity contribution in [2.45, 2.75) is 20.0 Å². The largest absolute Gasteiger partial charge is 0.329 e. The Hall–Kier alpha value is -2.63. The molecule has 7 heteroatoms. The number of carbonyl (C=O) groups is 1. The van der Waals surface area contributed by atoms with Crippen molar-refractivity contribution in [1.29, 1.82) is 0 Å². The molecule has 0 N–H and O–H groups in total. The fraction of sp³-hybridized carbons (Fsp3) is 0.190. The highest BCUT2D eigenvalue weighted by molar-refractivity contribution is 6.31. The SMILES string of the molecule is C=CCN(Cc1ccc(Cl)cc1)C(=O)c1nn(CC)c2ccc(Cl)cc2c1=O. The van der Waals surface area contributed by atoms with Gasteiger partial charge in [0.25, 0.3) is 5.91 Å². The summed E-state index contributed by atoms with van der Waals surface area (Å²) in [6, 6.07) is 12.2.